The van der Waals surface area contributed by atoms with E-state index in [1.54, 1.807) is 40.1 Å². The van der Waals surface area contributed by atoms with Crippen LogP contribution in [0.25, 0.3) is 21.8 Å². The van der Waals surface area contributed by atoms with Crippen molar-refractivity contribution in [2.24, 2.45) is 21.5 Å². The summed E-state index contributed by atoms with van der Waals surface area (Å²) in [5.74, 6) is -0.607. The number of ether oxygens (including phenoxy) is 2. The van der Waals surface area contributed by atoms with E-state index in [-0.39, 0.29) is 90.7 Å². The summed E-state index contributed by atoms with van der Waals surface area (Å²) >= 11 is 0. The molecule has 0 bridgehead atoms. The number of carbonyl (C=O) groups excluding carboxylic acids is 4. The summed E-state index contributed by atoms with van der Waals surface area (Å²) in [5, 5.41) is 16.8. The molecule has 2 aliphatic heterocycles. The van der Waals surface area contributed by atoms with E-state index >= 15 is 0 Å². The summed E-state index contributed by atoms with van der Waals surface area (Å²) in [6.07, 6.45) is 7.92. The highest BCUT2D eigenvalue weighted by Gasteiger charge is 2.39. The first-order valence-electron chi connectivity index (χ1n) is 30.8. The molecule has 2 aromatic heterocycles. The number of para-hydroxylation sites is 2. The second kappa shape index (κ2) is 28.8. The van der Waals surface area contributed by atoms with E-state index in [0.717, 1.165) is 68.0 Å². The maximum Gasteiger partial charge on any atom is 0.264 e. The van der Waals surface area contributed by atoms with Crippen LogP contribution in [0.15, 0.2) is 80.7 Å². The Morgan fingerprint density at radius 2 is 0.956 bits per heavy atom. The Balaban J connectivity index is 0.791. The van der Waals surface area contributed by atoms with Crippen LogP contribution in [0.4, 0.5) is 0 Å². The first-order valence-corrected chi connectivity index (χ1v) is 33.8. The average molecular weight is 1280 g/mol. The second-order valence-corrected chi connectivity index (χ2v) is 28.1. The largest absolute Gasteiger partial charge is 0.487 e. The van der Waals surface area contributed by atoms with Crippen LogP contribution in [0.3, 0.4) is 0 Å². The average Bonchev–Trinajstić information content (AvgIpc) is 1.51. The van der Waals surface area contributed by atoms with Gasteiger partial charge in [-0.15, -0.1) is 0 Å². The van der Waals surface area contributed by atoms with Gasteiger partial charge >= 0.3 is 0 Å². The van der Waals surface area contributed by atoms with Gasteiger partial charge in [0.05, 0.1) is 22.6 Å². The molecule has 0 fully saturated rings. The van der Waals surface area contributed by atoms with E-state index in [1.807, 2.05) is 90.1 Å². The molecule has 2 atom stereocenters. The van der Waals surface area contributed by atoms with E-state index in [0.29, 0.717) is 85.5 Å². The van der Waals surface area contributed by atoms with E-state index in [4.69, 9.17) is 20.9 Å². The fourth-order valence-electron chi connectivity index (χ4n) is 12.1. The molecule has 25 heteroatoms. The molecule has 0 saturated heterocycles. The van der Waals surface area contributed by atoms with E-state index < -0.39 is 43.3 Å². The predicted octanol–water partition coefficient (Wildman–Crippen LogP) is 5.82. The van der Waals surface area contributed by atoms with Crippen molar-refractivity contribution in [1.29, 1.82) is 0 Å². The summed E-state index contributed by atoms with van der Waals surface area (Å²) in [7, 11) is -8.25. The molecule has 6 aromatic rings. The van der Waals surface area contributed by atoms with Gasteiger partial charge in [0, 0.05) is 90.9 Å². The van der Waals surface area contributed by atoms with E-state index in [9.17, 15) is 36.0 Å². The van der Waals surface area contributed by atoms with Crippen molar-refractivity contribution in [3.05, 3.63) is 117 Å². The number of fused-ring (bicyclic) bond motifs is 4. The molecule has 4 aromatic carbocycles. The maximum atomic E-state index is 13.8. The molecule has 8 rings (SSSR count). The number of amides is 4. The third kappa shape index (κ3) is 16.6. The molecule has 2 aliphatic rings. The number of guanidine groups is 2. The van der Waals surface area contributed by atoms with E-state index in [1.165, 1.54) is 0 Å². The topological polar surface area (TPSA) is 348 Å². The molecule has 0 radical (unpaired) electrons. The smallest absolute Gasteiger partial charge is 0.264 e. The number of rotatable bonds is 29. The van der Waals surface area contributed by atoms with Gasteiger partial charge in [-0.1, -0.05) is 42.8 Å². The fourth-order valence-corrected chi connectivity index (χ4v) is 15.1. The molecule has 486 valence electrons. The normalized spacial score (nSPS) is 15.1. The van der Waals surface area contributed by atoms with Crippen molar-refractivity contribution in [2.45, 2.75) is 173 Å². The van der Waals surface area contributed by atoms with E-state index in [2.05, 4.69) is 56.0 Å². The Morgan fingerprint density at radius 1 is 0.544 bits per heavy atom. The van der Waals surface area contributed by atoms with Crippen LogP contribution in [0.5, 0.6) is 11.5 Å². The van der Waals surface area contributed by atoms with Gasteiger partial charge in [0.25, 0.3) is 20.0 Å². The van der Waals surface area contributed by atoms with Gasteiger partial charge in [-0.3, -0.25) is 29.2 Å². The molecule has 23 nitrogen and oxygen atoms in total. The van der Waals surface area contributed by atoms with Gasteiger partial charge in [-0.25, -0.2) is 26.3 Å². The minimum absolute atomic E-state index is 0.0360. The number of hydrogen-bond acceptors (Lipinski definition) is 13. The van der Waals surface area contributed by atoms with Gasteiger partial charge in [0.2, 0.25) is 35.5 Å². The number of benzene rings is 4. The first-order chi connectivity index (χ1) is 42.6. The summed E-state index contributed by atoms with van der Waals surface area (Å²) < 4.78 is 72.4. The van der Waals surface area contributed by atoms with Gasteiger partial charge in [0.15, 0.2) is 0 Å². The zero-order chi connectivity index (χ0) is 65.3. The molecule has 0 saturated carbocycles. The van der Waals surface area contributed by atoms with Crippen molar-refractivity contribution < 1.29 is 45.5 Å². The Morgan fingerprint density at radius 3 is 1.40 bits per heavy atom. The van der Waals surface area contributed by atoms with Crippen molar-refractivity contribution in [3.63, 3.8) is 0 Å². The van der Waals surface area contributed by atoms with Crippen molar-refractivity contribution >= 4 is 77.4 Å². The van der Waals surface area contributed by atoms with Crippen LogP contribution < -0.4 is 57.0 Å². The van der Waals surface area contributed by atoms with Crippen molar-refractivity contribution in [1.82, 2.24) is 46.0 Å². The quantitative estimate of drug-likeness (QED) is 0.0150. The lowest BCUT2D eigenvalue weighted by molar-refractivity contribution is -0.128. The number of unbranched alkanes of at least 4 members (excludes halogenated alkanes) is 2. The zero-order valence-corrected chi connectivity index (χ0v) is 55.0. The maximum absolute atomic E-state index is 13.8. The minimum atomic E-state index is -4.13. The molecule has 4 amide bonds. The van der Waals surface area contributed by atoms with Crippen LogP contribution in [0, 0.1) is 41.5 Å². The highest BCUT2D eigenvalue weighted by molar-refractivity contribution is 7.90. The number of nitrogens with two attached hydrogens (primary N) is 2. The lowest BCUT2D eigenvalue weighted by atomic mass is 9.94. The van der Waals surface area contributed by atoms with Crippen LogP contribution in [-0.2, 0) is 64.9 Å². The molecular formula is C65H89N13O10S2. The summed E-state index contributed by atoms with van der Waals surface area (Å²) in [6.45, 7) is 20.4. The third-order valence-corrected chi connectivity index (χ3v) is 20.0. The number of nitrogens with zero attached hydrogens (tertiary/aromatic N) is 2. The van der Waals surface area contributed by atoms with Crippen LogP contribution in [0.1, 0.15) is 128 Å². The Kier molecular flexibility index (Phi) is 21.7. The number of aromatic amines is 2. The number of aromatic nitrogens is 2. The highest BCUT2D eigenvalue weighted by atomic mass is 32.2. The lowest BCUT2D eigenvalue weighted by Crippen LogP contribution is -2.48. The van der Waals surface area contributed by atoms with Crippen LogP contribution in [-0.4, -0.2) is 125 Å². The van der Waals surface area contributed by atoms with Crippen LogP contribution >= 0.6 is 0 Å². The fraction of sp³-hybridized carbons (Fsp3) is 0.477. The number of nitrogens with one attached hydrogen (secondary N) is 9. The molecule has 0 spiro atoms. The Hall–Kier alpha value is -8.16. The Bertz CT molecular complexity index is 3710. The lowest BCUT2D eigenvalue weighted by Gasteiger charge is -2.19. The van der Waals surface area contributed by atoms with Gasteiger partial charge < -0.3 is 57.5 Å². The first kappa shape index (κ1) is 67.8. The molecule has 0 unspecified atom stereocenters. The summed E-state index contributed by atoms with van der Waals surface area (Å²) in [4.78, 5) is 69.6. The van der Waals surface area contributed by atoms with Crippen molar-refractivity contribution in [2.75, 3.05) is 39.3 Å². The molecule has 4 heterocycles. The van der Waals surface area contributed by atoms with Gasteiger partial charge in [-0.05, 0) is 171 Å². The molecular weight excluding hydrogens is 1190 g/mol. The molecule has 90 heavy (non-hydrogen) atoms. The SMILES string of the molecule is Cc1c(C)c(S(=O)(=O)NC(N)=NCCC[C@@H](NC(=O)Cc2c[nH]c3ccccc23)C(=O)NCCCCCNCCNC(=O)[C@@H](CCCN=C(N)NS(=O)(=O)c2c(C)c(C)c3c(c2C)CC(C)(C)O3)NC(=O)Cc2c[nH]c3ccccc23)c(C)c2c1OC(C)(C)C2. The third-order valence-electron chi connectivity index (χ3n) is 16.8. The second-order valence-electron chi connectivity index (χ2n) is 24.8. The number of carbonyl (C=O) groups is 4. The summed E-state index contributed by atoms with van der Waals surface area (Å²) in [5.41, 5.74) is 20.2. The zero-order valence-electron chi connectivity index (χ0n) is 53.4. The summed E-state index contributed by atoms with van der Waals surface area (Å²) in [6, 6.07) is 13.4. The van der Waals surface area contributed by atoms with Gasteiger partial charge in [0.1, 0.15) is 34.8 Å². The van der Waals surface area contributed by atoms with Crippen molar-refractivity contribution in [3.8, 4) is 11.5 Å². The predicted molar refractivity (Wildman–Crippen MR) is 351 cm³/mol. The van der Waals surface area contributed by atoms with Crippen LogP contribution in [0.2, 0.25) is 0 Å². The molecule has 13 N–H and O–H groups in total. The standard InChI is InChI=1S/C65H89N13O10S2/c1-38-40(3)58(42(5)48-34-64(7,8)87-56(38)48)89(83,84)77-62(66)71-28-18-24-52(75-54(79)32-44-36-73-50-22-14-12-20-46(44)50)60(81)69-27-17-11-16-26-68-30-31-70-61(82)53(76-55(80)33-45-37-74-51-23-15-13-21-47(45)51)25-19-29-72-63(67)78-90(85,86)59-41(4)39(2)57-49(43(59)6)35-65(9,10)88-57/h12-15,20-23,36-37,52-53,68,73-74H,11,16-19,24-35H2,1-10H3,(H,69,81)(H,70,82)(H,75,79)(H,76,80)(H3,66,71,77)(H3,67,72,78)/t52-,53-/m1/s1. The number of hydrogen-bond donors (Lipinski definition) is 11. The minimum Gasteiger partial charge on any atom is -0.487 e. The number of H-pyrrole nitrogens is 2. The van der Waals surface area contributed by atoms with Gasteiger partial charge in [-0.2, -0.15) is 0 Å². The monoisotopic (exact) mass is 1280 g/mol. The molecule has 0 aliphatic carbocycles. The highest BCUT2D eigenvalue weighted by Crippen LogP contribution is 2.45. The number of sulfonamides is 2. The number of aliphatic imine (C=N–C) groups is 2. The Labute approximate surface area is 528 Å².